The second-order valence-corrected chi connectivity index (χ2v) is 7.45. The molecule has 1 aromatic carbocycles. The van der Waals surface area contributed by atoms with E-state index in [0.29, 0.717) is 22.2 Å². The summed E-state index contributed by atoms with van der Waals surface area (Å²) >= 11 is 2.66. The highest BCUT2D eigenvalue weighted by Crippen LogP contribution is 2.19. The van der Waals surface area contributed by atoms with Crippen molar-refractivity contribution in [3.63, 3.8) is 0 Å². The molecule has 7 nitrogen and oxygen atoms in total. The maximum Gasteiger partial charge on any atom is 0.286 e. The predicted molar refractivity (Wildman–Crippen MR) is 100 cm³/mol. The van der Waals surface area contributed by atoms with Crippen molar-refractivity contribution in [3.05, 3.63) is 34.3 Å². The highest BCUT2D eigenvalue weighted by molar-refractivity contribution is 7.99. The Balaban J connectivity index is 1.83. The fraction of sp³-hybridized carbons (Fsp3) is 0.375. The van der Waals surface area contributed by atoms with Gasteiger partial charge in [-0.2, -0.15) is 0 Å². The van der Waals surface area contributed by atoms with Crippen LogP contribution in [0.1, 0.15) is 28.7 Å². The van der Waals surface area contributed by atoms with E-state index in [2.05, 4.69) is 20.8 Å². The van der Waals surface area contributed by atoms with Crippen molar-refractivity contribution in [1.29, 1.82) is 0 Å². The Morgan fingerprint density at radius 1 is 1.24 bits per heavy atom. The Hall–Kier alpha value is -2.13. The van der Waals surface area contributed by atoms with Gasteiger partial charge in [0.1, 0.15) is 10.8 Å². The number of nitrogens with zero attached hydrogens (tertiary/aromatic N) is 2. The summed E-state index contributed by atoms with van der Waals surface area (Å²) in [5, 5.41) is 14.5. The maximum atomic E-state index is 12.2. The summed E-state index contributed by atoms with van der Waals surface area (Å²) in [6, 6.07) is 7.16. The molecule has 0 unspecified atom stereocenters. The molecule has 0 aliphatic rings. The third-order valence-electron chi connectivity index (χ3n) is 2.92. The van der Waals surface area contributed by atoms with Crippen molar-refractivity contribution in [2.24, 2.45) is 0 Å². The van der Waals surface area contributed by atoms with E-state index in [0.717, 1.165) is 5.75 Å². The Bertz CT molecular complexity index is 716. The molecule has 0 fully saturated rings. The second-order valence-electron chi connectivity index (χ2n) is 5.40. The topological polar surface area (TPSA) is 93.2 Å². The van der Waals surface area contributed by atoms with E-state index >= 15 is 0 Å². The number of anilines is 1. The number of carbonyl (C=O) groups excluding carboxylic acids is 2. The van der Waals surface area contributed by atoms with Crippen LogP contribution in [0.25, 0.3) is 0 Å². The number of aromatic nitrogens is 2. The molecule has 0 spiro atoms. The highest BCUT2D eigenvalue weighted by atomic mass is 32.2. The lowest BCUT2D eigenvalue weighted by Gasteiger charge is -2.06. The number of hydrogen-bond acceptors (Lipinski definition) is 7. The van der Waals surface area contributed by atoms with Gasteiger partial charge in [-0.3, -0.25) is 9.59 Å². The van der Waals surface area contributed by atoms with Crippen LogP contribution in [0.2, 0.25) is 0 Å². The molecule has 2 rings (SSSR count). The standard InChI is InChI=1S/C16H20N4O3S2/c1-10(2)17-13(21)8-24-9-14-19-20-16(25-14)15(22)18-11-4-6-12(23-3)7-5-11/h4-7,10H,8-9H2,1-3H3,(H,17,21)(H,18,22). The van der Waals surface area contributed by atoms with E-state index in [4.69, 9.17) is 4.74 Å². The van der Waals surface area contributed by atoms with Crippen LogP contribution in [0, 0.1) is 0 Å². The average Bonchev–Trinajstić information content (AvgIpc) is 3.04. The SMILES string of the molecule is COc1ccc(NC(=O)c2nnc(CSCC(=O)NC(C)C)s2)cc1. The normalized spacial score (nSPS) is 10.6. The molecule has 134 valence electrons. The van der Waals surface area contributed by atoms with Crippen molar-refractivity contribution in [2.45, 2.75) is 25.6 Å². The zero-order chi connectivity index (χ0) is 18.2. The van der Waals surface area contributed by atoms with Crippen molar-refractivity contribution in [3.8, 4) is 5.75 Å². The zero-order valence-electron chi connectivity index (χ0n) is 14.2. The lowest BCUT2D eigenvalue weighted by atomic mass is 10.3. The van der Waals surface area contributed by atoms with Crippen molar-refractivity contribution >= 4 is 40.6 Å². The van der Waals surface area contributed by atoms with Gasteiger partial charge in [0, 0.05) is 17.5 Å². The first-order valence-electron chi connectivity index (χ1n) is 7.63. The number of hydrogen-bond donors (Lipinski definition) is 2. The van der Waals surface area contributed by atoms with Crippen LogP contribution in [0.3, 0.4) is 0 Å². The molecule has 0 aliphatic carbocycles. The molecule has 1 heterocycles. The largest absolute Gasteiger partial charge is 0.497 e. The lowest BCUT2D eigenvalue weighted by Crippen LogP contribution is -2.31. The first-order valence-corrected chi connectivity index (χ1v) is 9.60. The summed E-state index contributed by atoms with van der Waals surface area (Å²) in [5.41, 5.74) is 0.655. The molecule has 0 bridgehead atoms. The van der Waals surface area contributed by atoms with Gasteiger partial charge in [0.2, 0.25) is 10.9 Å². The van der Waals surface area contributed by atoms with Gasteiger partial charge in [-0.1, -0.05) is 11.3 Å². The van der Waals surface area contributed by atoms with Crippen LogP contribution in [-0.2, 0) is 10.5 Å². The summed E-state index contributed by atoms with van der Waals surface area (Å²) in [5.74, 6) is 1.29. The van der Waals surface area contributed by atoms with Gasteiger partial charge in [-0.25, -0.2) is 0 Å². The van der Waals surface area contributed by atoms with Gasteiger partial charge in [-0.05, 0) is 38.1 Å². The smallest absolute Gasteiger partial charge is 0.286 e. The molecule has 25 heavy (non-hydrogen) atoms. The second kappa shape index (κ2) is 9.38. The molecule has 2 N–H and O–H groups in total. The van der Waals surface area contributed by atoms with Gasteiger partial charge < -0.3 is 15.4 Å². The molecule has 0 saturated carbocycles. The molecule has 9 heteroatoms. The predicted octanol–water partition coefficient (Wildman–Crippen LogP) is 2.56. The molecule has 2 aromatic rings. The van der Waals surface area contributed by atoms with E-state index in [1.807, 2.05) is 13.8 Å². The van der Waals surface area contributed by atoms with Crippen LogP contribution in [0.5, 0.6) is 5.75 Å². The van der Waals surface area contributed by atoms with Gasteiger partial charge >= 0.3 is 0 Å². The molecule has 0 radical (unpaired) electrons. The lowest BCUT2D eigenvalue weighted by molar-refractivity contribution is -0.119. The highest BCUT2D eigenvalue weighted by Gasteiger charge is 2.14. The van der Waals surface area contributed by atoms with Gasteiger partial charge in [0.25, 0.3) is 5.91 Å². The maximum absolute atomic E-state index is 12.2. The quantitative estimate of drug-likeness (QED) is 0.731. The fourth-order valence-corrected chi connectivity index (χ4v) is 3.48. The minimum absolute atomic E-state index is 0.0120. The van der Waals surface area contributed by atoms with E-state index in [1.54, 1.807) is 31.4 Å². The minimum atomic E-state index is -0.309. The number of amides is 2. The van der Waals surface area contributed by atoms with Crippen molar-refractivity contribution < 1.29 is 14.3 Å². The van der Waals surface area contributed by atoms with E-state index < -0.39 is 0 Å². The number of carbonyl (C=O) groups is 2. The fourth-order valence-electron chi connectivity index (χ4n) is 1.86. The Labute approximate surface area is 154 Å². The summed E-state index contributed by atoms with van der Waals surface area (Å²) in [4.78, 5) is 23.7. The Kier molecular flexibility index (Phi) is 7.20. The number of methoxy groups -OCH3 is 1. The van der Waals surface area contributed by atoms with Crippen molar-refractivity contribution in [1.82, 2.24) is 15.5 Å². The van der Waals surface area contributed by atoms with Gasteiger partial charge in [0.05, 0.1) is 12.9 Å². The minimum Gasteiger partial charge on any atom is -0.497 e. The molecule has 0 saturated heterocycles. The first-order chi connectivity index (χ1) is 12.0. The number of thioether (sulfide) groups is 1. The van der Waals surface area contributed by atoms with Crippen LogP contribution < -0.4 is 15.4 Å². The monoisotopic (exact) mass is 380 g/mol. The third-order valence-corrected chi connectivity index (χ3v) is 4.97. The molecule has 0 atom stereocenters. The third kappa shape index (κ3) is 6.35. The summed E-state index contributed by atoms with van der Waals surface area (Å²) in [6.45, 7) is 3.84. The van der Waals surface area contributed by atoms with E-state index in [9.17, 15) is 9.59 Å². The van der Waals surface area contributed by atoms with Crippen LogP contribution in [0.15, 0.2) is 24.3 Å². The molecular weight excluding hydrogens is 360 g/mol. The summed E-state index contributed by atoms with van der Waals surface area (Å²) < 4.78 is 5.07. The molecule has 2 amide bonds. The Morgan fingerprint density at radius 3 is 2.60 bits per heavy atom. The molecular formula is C16H20N4O3S2. The zero-order valence-corrected chi connectivity index (χ0v) is 15.9. The van der Waals surface area contributed by atoms with Crippen LogP contribution >= 0.6 is 23.1 Å². The summed E-state index contributed by atoms with van der Waals surface area (Å²) in [7, 11) is 1.58. The van der Waals surface area contributed by atoms with Crippen LogP contribution in [-0.4, -0.2) is 40.9 Å². The van der Waals surface area contributed by atoms with Crippen molar-refractivity contribution in [2.75, 3.05) is 18.2 Å². The molecule has 0 aliphatic heterocycles. The van der Waals surface area contributed by atoms with E-state index in [-0.39, 0.29) is 22.9 Å². The van der Waals surface area contributed by atoms with Gasteiger partial charge in [0.15, 0.2) is 0 Å². The van der Waals surface area contributed by atoms with Gasteiger partial charge in [-0.15, -0.1) is 22.0 Å². The van der Waals surface area contributed by atoms with Crippen LogP contribution in [0.4, 0.5) is 5.69 Å². The number of benzene rings is 1. The number of ether oxygens (including phenoxy) is 1. The average molecular weight is 380 g/mol. The van der Waals surface area contributed by atoms with E-state index in [1.165, 1.54) is 23.1 Å². The number of rotatable bonds is 8. The number of nitrogens with one attached hydrogen (secondary N) is 2. The summed E-state index contributed by atoms with van der Waals surface area (Å²) in [6.07, 6.45) is 0. The first kappa shape index (κ1) is 19.2. The molecule has 1 aromatic heterocycles. The Morgan fingerprint density at radius 2 is 1.96 bits per heavy atom.